The molecule has 0 saturated heterocycles. The summed E-state index contributed by atoms with van der Waals surface area (Å²) in [6.45, 7) is -0.357. The molecule has 0 radical (unpaired) electrons. The Morgan fingerprint density at radius 2 is 1.78 bits per heavy atom. The van der Waals surface area contributed by atoms with E-state index in [-0.39, 0.29) is 17.4 Å². The first-order chi connectivity index (χ1) is 12.9. The Morgan fingerprint density at radius 1 is 1.11 bits per heavy atom. The van der Waals surface area contributed by atoms with E-state index in [0.29, 0.717) is 11.3 Å². The number of rotatable bonds is 5. The van der Waals surface area contributed by atoms with Crippen LogP contribution in [0.3, 0.4) is 0 Å². The minimum Gasteiger partial charge on any atom is -0.484 e. The van der Waals surface area contributed by atoms with E-state index in [1.54, 1.807) is 18.2 Å². The van der Waals surface area contributed by atoms with Crippen LogP contribution in [-0.4, -0.2) is 28.5 Å². The van der Waals surface area contributed by atoms with Gasteiger partial charge >= 0.3 is 0 Å². The molecule has 0 saturated carbocycles. The third-order valence-corrected chi connectivity index (χ3v) is 4.22. The van der Waals surface area contributed by atoms with E-state index in [1.165, 1.54) is 24.3 Å². The second kappa shape index (κ2) is 9.78. The molecule has 2 amide bonds. The Morgan fingerprint density at radius 3 is 2.41 bits per heavy atom. The average Bonchev–Trinajstić information content (AvgIpc) is 2.65. The summed E-state index contributed by atoms with van der Waals surface area (Å²) in [5.41, 5.74) is 5.18. The summed E-state index contributed by atoms with van der Waals surface area (Å²) in [7, 11) is 0. The number of nitro benzene ring substituents is 1. The number of non-ortho nitro benzene ring substituents is 1. The van der Waals surface area contributed by atoms with Crippen LogP contribution in [0.5, 0.6) is 5.75 Å². The zero-order chi connectivity index (χ0) is 19.8. The van der Waals surface area contributed by atoms with Crippen molar-refractivity contribution in [2.75, 3.05) is 6.61 Å². The monoisotopic (exact) mass is 500 g/mol. The van der Waals surface area contributed by atoms with E-state index in [4.69, 9.17) is 17.0 Å². The van der Waals surface area contributed by atoms with Crippen molar-refractivity contribution in [3.8, 4) is 5.75 Å². The second-order valence-electron chi connectivity index (χ2n) is 4.98. The molecule has 0 aliphatic rings. The van der Waals surface area contributed by atoms with Gasteiger partial charge in [-0.3, -0.25) is 35.9 Å². The molecular formula is C16H13IN4O5S. The van der Waals surface area contributed by atoms with Gasteiger partial charge in [-0.2, -0.15) is 0 Å². The smallest absolute Gasteiger partial charge is 0.270 e. The van der Waals surface area contributed by atoms with Crippen molar-refractivity contribution in [1.82, 2.24) is 16.2 Å². The number of hydrogen-bond acceptors (Lipinski definition) is 6. The van der Waals surface area contributed by atoms with Crippen molar-refractivity contribution in [3.63, 3.8) is 0 Å². The van der Waals surface area contributed by atoms with Crippen molar-refractivity contribution in [2.24, 2.45) is 0 Å². The van der Waals surface area contributed by atoms with Gasteiger partial charge in [0, 0.05) is 15.7 Å². The van der Waals surface area contributed by atoms with Crippen LogP contribution in [0.15, 0.2) is 48.5 Å². The number of hydrogen-bond donors (Lipinski definition) is 3. The Kier molecular flexibility index (Phi) is 7.43. The number of nitrogens with zero attached hydrogens (tertiary/aromatic N) is 1. The standard InChI is InChI=1S/C16H13IN4O5S/c17-13-4-2-1-3-12(13)15(23)19-20-16(27)18-14(22)9-26-11-7-5-10(6-8-11)21(24)25/h1-8H,9H2,(H,19,23)(H2,18,20,22,27). The number of nitro groups is 1. The van der Waals surface area contributed by atoms with Crippen molar-refractivity contribution < 1.29 is 19.2 Å². The predicted octanol–water partition coefficient (Wildman–Crippen LogP) is 1.91. The molecule has 0 aliphatic carbocycles. The molecule has 0 unspecified atom stereocenters. The summed E-state index contributed by atoms with van der Waals surface area (Å²) in [6, 6.07) is 12.3. The highest BCUT2D eigenvalue weighted by atomic mass is 127. The van der Waals surface area contributed by atoms with Crippen LogP contribution >= 0.6 is 34.8 Å². The van der Waals surface area contributed by atoms with Crippen LogP contribution in [0.25, 0.3) is 0 Å². The molecule has 0 atom stereocenters. The number of thiocarbonyl (C=S) groups is 1. The fraction of sp³-hybridized carbons (Fsp3) is 0.0625. The lowest BCUT2D eigenvalue weighted by Gasteiger charge is -2.12. The van der Waals surface area contributed by atoms with Crippen LogP contribution < -0.4 is 20.9 Å². The summed E-state index contributed by atoms with van der Waals surface area (Å²) in [6.07, 6.45) is 0. The maximum Gasteiger partial charge on any atom is 0.270 e. The molecule has 9 nitrogen and oxygen atoms in total. The minimum atomic E-state index is -0.561. The van der Waals surface area contributed by atoms with Gasteiger partial charge in [0.15, 0.2) is 11.7 Å². The Bertz CT molecular complexity index is 875. The van der Waals surface area contributed by atoms with Crippen LogP contribution in [0.1, 0.15) is 10.4 Å². The van der Waals surface area contributed by atoms with Gasteiger partial charge in [0.05, 0.1) is 10.5 Å². The number of nitrogens with one attached hydrogen (secondary N) is 3. The highest BCUT2D eigenvalue weighted by Gasteiger charge is 2.11. The summed E-state index contributed by atoms with van der Waals surface area (Å²) in [4.78, 5) is 33.8. The highest BCUT2D eigenvalue weighted by molar-refractivity contribution is 14.1. The van der Waals surface area contributed by atoms with Gasteiger partial charge in [0.2, 0.25) is 0 Å². The van der Waals surface area contributed by atoms with Gasteiger partial charge < -0.3 is 4.74 Å². The number of hydrazine groups is 1. The van der Waals surface area contributed by atoms with Gasteiger partial charge in [-0.25, -0.2) is 0 Å². The Hall–Kier alpha value is -2.80. The fourth-order valence-electron chi connectivity index (χ4n) is 1.83. The van der Waals surface area contributed by atoms with Gasteiger partial charge in [-0.1, -0.05) is 12.1 Å². The topological polar surface area (TPSA) is 123 Å². The van der Waals surface area contributed by atoms with E-state index in [2.05, 4.69) is 16.2 Å². The van der Waals surface area contributed by atoms with Crippen LogP contribution in [-0.2, 0) is 4.79 Å². The third kappa shape index (κ3) is 6.45. The Balaban J connectivity index is 1.75. The minimum absolute atomic E-state index is 0.0824. The first-order valence-electron chi connectivity index (χ1n) is 7.39. The molecule has 11 heteroatoms. The van der Waals surface area contributed by atoms with E-state index in [1.807, 2.05) is 28.7 Å². The SMILES string of the molecule is O=C(COc1ccc([N+](=O)[O-])cc1)NC(=S)NNC(=O)c1ccccc1I. The number of halogens is 1. The van der Waals surface area contributed by atoms with Crippen molar-refractivity contribution in [1.29, 1.82) is 0 Å². The molecular weight excluding hydrogens is 487 g/mol. The highest BCUT2D eigenvalue weighted by Crippen LogP contribution is 2.17. The molecule has 0 aliphatic heterocycles. The number of amides is 2. The van der Waals surface area contributed by atoms with Crippen LogP contribution in [0.4, 0.5) is 5.69 Å². The number of carbonyl (C=O) groups is 2. The van der Waals surface area contributed by atoms with Gasteiger partial charge in [0.1, 0.15) is 5.75 Å². The molecule has 3 N–H and O–H groups in total. The summed E-state index contributed by atoms with van der Waals surface area (Å²) < 4.78 is 5.97. The maximum atomic E-state index is 12.0. The molecule has 140 valence electrons. The first kappa shape index (κ1) is 20.5. The first-order valence-corrected chi connectivity index (χ1v) is 8.87. The molecule has 0 spiro atoms. The second-order valence-corrected chi connectivity index (χ2v) is 6.55. The molecule has 27 heavy (non-hydrogen) atoms. The van der Waals surface area contributed by atoms with Crippen molar-refractivity contribution in [2.45, 2.75) is 0 Å². The molecule has 2 rings (SSSR count). The van der Waals surface area contributed by atoms with E-state index < -0.39 is 16.7 Å². The van der Waals surface area contributed by atoms with Crippen molar-refractivity contribution in [3.05, 3.63) is 67.8 Å². The molecule has 2 aromatic rings. The van der Waals surface area contributed by atoms with Crippen LogP contribution in [0.2, 0.25) is 0 Å². The molecule has 2 aromatic carbocycles. The summed E-state index contributed by atoms with van der Waals surface area (Å²) in [5.74, 6) is -0.672. The van der Waals surface area contributed by atoms with Gasteiger partial charge in [-0.05, 0) is 59.1 Å². The lowest BCUT2D eigenvalue weighted by molar-refractivity contribution is -0.384. The molecule has 0 aromatic heterocycles. The van der Waals surface area contributed by atoms with Crippen LogP contribution in [0, 0.1) is 13.7 Å². The average molecular weight is 500 g/mol. The summed E-state index contributed by atoms with van der Waals surface area (Å²) in [5, 5.41) is 12.8. The Labute approximate surface area is 172 Å². The lowest BCUT2D eigenvalue weighted by atomic mass is 10.2. The fourth-order valence-corrected chi connectivity index (χ4v) is 2.63. The van der Waals surface area contributed by atoms with E-state index in [9.17, 15) is 19.7 Å². The maximum absolute atomic E-state index is 12.0. The van der Waals surface area contributed by atoms with Gasteiger partial charge in [0.25, 0.3) is 17.5 Å². The predicted molar refractivity (Wildman–Crippen MR) is 109 cm³/mol. The molecule has 0 fully saturated rings. The largest absolute Gasteiger partial charge is 0.484 e. The zero-order valence-electron chi connectivity index (χ0n) is 13.6. The molecule has 0 heterocycles. The normalized spacial score (nSPS) is 9.81. The summed E-state index contributed by atoms with van der Waals surface area (Å²) >= 11 is 6.95. The lowest BCUT2D eigenvalue weighted by Crippen LogP contribution is -2.49. The van der Waals surface area contributed by atoms with E-state index >= 15 is 0 Å². The number of ether oxygens (including phenoxy) is 1. The quantitative estimate of drug-likeness (QED) is 0.248. The van der Waals surface area contributed by atoms with Crippen molar-refractivity contribution >= 4 is 57.4 Å². The zero-order valence-corrected chi connectivity index (χ0v) is 16.6. The third-order valence-electron chi connectivity index (χ3n) is 3.08. The molecule has 0 bridgehead atoms. The number of carbonyl (C=O) groups excluding carboxylic acids is 2. The number of benzene rings is 2. The van der Waals surface area contributed by atoms with Gasteiger partial charge in [-0.15, -0.1) is 0 Å². The van der Waals surface area contributed by atoms with E-state index in [0.717, 1.165) is 3.57 Å².